The zero-order chi connectivity index (χ0) is 22.2. The third-order valence-corrected chi connectivity index (χ3v) is 5.04. The number of hydrogen-bond donors (Lipinski definition) is 1. The lowest BCUT2D eigenvalue weighted by Gasteiger charge is -2.23. The Morgan fingerprint density at radius 2 is 1.81 bits per heavy atom. The smallest absolute Gasteiger partial charge is 0.410 e. The van der Waals surface area contributed by atoms with E-state index in [1.807, 2.05) is 48.5 Å². The van der Waals surface area contributed by atoms with Crippen molar-refractivity contribution in [2.24, 2.45) is 0 Å². The van der Waals surface area contributed by atoms with E-state index in [0.717, 1.165) is 5.56 Å². The van der Waals surface area contributed by atoms with E-state index in [-0.39, 0.29) is 25.6 Å². The molecule has 1 unspecified atom stereocenters. The van der Waals surface area contributed by atoms with Gasteiger partial charge in [0.15, 0.2) is 0 Å². The SMILES string of the molecule is CCNC(=O)OC1CCN(C(=O)OCc2ccccc2)CC(=O)N(C)c2ccccc21. The first-order valence-electron chi connectivity index (χ1n) is 10.2. The molecule has 0 saturated carbocycles. The average molecular weight is 425 g/mol. The highest BCUT2D eigenvalue weighted by Crippen LogP contribution is 2.32. The van der Waals surface area contributed by atoms with Crippen LogP contribution in [0, 0.1) is 0 Å². The number of ether oxygens (including phenoxy) is 2. The second kappa shape index (κ2) is 10.5. The normalized spacial score (nSPS) is 16.5. The quantitative estimate of drug-likeness (QED) is 0.810. The molecule has 8 heteroatoms. The van der Waals surface area contributed by atoms with Crippen LogP contribution in [0.3, 0.4) is 0 Å². The van der Waals surface area contributed by atoms with E-state index < -0.39 is 18.3 Å². The topological polar surface area (TPSA) is 88.2 Å². The molecule has 0 bridgehead atoms. The fourth-order valence-electron chi connectivity index (χ4n) is 3.38. The maximum atomic E-state index is 12.9. The number of nitrogens with one attached hydrogen (secondary N) is 1. The molecule has 0 aliphatic carbocycles. The highest BCUT2D eigenvalue weighted by molar-refractivity contribution is 5.96. The second-order valence-electron chi connectivity index (χ2n) is 7.19. The molecule has 1 atom stereocenters. The number of alkyl carbamates (subject to hydrolysis) is 1. The van der Waals surface area contributed by atoms with Crippen molar-refractivity contribution in [1.29, 1.82) is 0 Å². The van der Waals surface area contributed by atoms with Crippen LogP contribution in [-0.2, 0) is 20.9 Å². The zero-order valence-electron chi connectivity index (χ0n) is 17.7. The molecule has 3 amide bonds. The lowest BCUT2D eigenvalue weighted by molar-refractivity contribution is -0.119. The number of amides is 3. The first-order chi connectivity index (χ1) is 15.0. The maximum absolute atomic E-state index is 12.9. The Morgan fingerprint density at radius 1 is 1.10 bits per heavy atom. The molecule has 0 saturated heterocycles. The first kappa shape index (κ1) is 22.1. The summed E-state index contributed by atoms with van der Waals surface area (Å²) in [6.07, 6.45) is -1.43. The number of fused-ring (bicyclic) bond motifs is 1. The Bertz CT molecular complexity index is 918. The zero-order valence-corrected chi connectivity index (χ0v) is 17.7. The van der Waals surface area contributed by atoms with Gasteiger partial charge in [0.1, 0.15) is 19.3 Å². The molecular weight excluding hydrogens is 398 g/mol. The molecule has 2 aromatic rings. The Hall–Kier alpha value is -3.55. The number of carbonyl (C=O) groups is 3. The number of likely N-dealkylation sites (N-methyl/N-ethyl adjacent to an activating group) is 1. The van der Waals surface area contributed by atoms with Crippen LogP contribution in [0.5, 0.6) is 0 Å². The average Bonchev–Trinajstić information content (AvgIpc) is 2.83. The molecule has 3 rings (SSSR count). The van der Waals surface area contributed by atoms with E-state index in [1.165, 1.54) is 9.80 Å². The van der Waals surface area contributed by atoms with Crippen molar-refractivity contribution in [3.63, 3.8) is 0 Å². The Morgan fingerprint density at radius 3 is 2.55 bits per heavy atom. The van der Waals surface area contributed by atoms with Crippen molar-refractivity contribution >= 4 is 23.8 Å². The van der Waals surface area contributed by atoms with Crippen molar-refractivity contribution in [2.45, 2.75) is 26.1 Å². The van der Waals surface area contributed by atoms with E-state index in [0.29, 0.717) is 24.2 Å². The molecular formula is C23H27N3O5. The van der Waals surface area contributed by atoms with E-state index in [9.17, 15) is 14.4 Å². The van der Waals surface area contributed by atoms with Crippen LogP contribution in [0.4, 0.5) is 15.3 Å². The number of hydrogen-bond acceptors (Lipinski definition) is 5. The number of benzene rings is 2. The monoisotopic (exact) mass is 425 g/mol. The van der Waals surface area contributed by atoms with Gasteiger partial charge in [-0.1, -0.05) is 48.5 Å². The van der Waals surface area contributed by atoms with Crippen molar-refractivity contribution < 1.29 is 23.9 Å². The Balaban J connectivity index is 1.79. The number of rotatable bonds is 4. The summed E-state index contributed by atoms with van der Waals surface area (Å²) in [4.78, 5) is 40.5. The van der Waals surface area contributed by atoms with Crippen molar-refractivity contribution in [2.75, 3.05) is 31.6 Å². The van der Waals surface area contributed by atoms with Crippen LogP contribution in [0.25, 0.3) is 0 Å². The molecule has 0 spiro atoms. The fourth-order valence-corrected chi connectivity index (χ4v) is 3.38. The highest BCUT2D eigenvalue weighted by atomic mass is 16.6. The van der Waals surface area contributed by atoms with Crippen molar-refractivity contribution in [1.82, 2.24) is 10.2 Å². The van der Waals surface area contributed by atoms with Gasteiger partial charge in [0, 0.05) is 32.1 Å². The third-order valence-electron chi connectivity index (χ3n) is 5.04. The molecule has 1 aliphatic rings. The molecule has 1 aliphatic heterocycles. The Kier molecular flexibility index (Phi) is 7.48. The van der Waals surface area contributed by atoms with Gasteiger partial charge in [0.25, 0.3) is 0 Å². The van der Waals surface area contributed by atoms with Gasteiger partial charge < -0.3 is 19.7 Å². The first-order valence-corrected chi connectivity index (χ1v) is 10.2. The second-order valence-corrected chi connectivity index (χ2v) is 7.19. The molecule has 2 aromatic carbocycles. The van der Waals surface area contributed by atoms with Gasteiger partial charge in [-0.25, -0.2) is 9.59 Å². The van der Waals surface area contributed by atoms with Gasteiger partial charge in [-0.2, -0.15) is 0 Å². The summed E-state index contributed by atoms with van der Waals surface area (Å²) in [7, 11) is 1.64. The summed E-state index contributed by atoms with van der Waals surface area (Å²) in [6.45, 7) is 2.41. The van der Waals surface area contributed by atoms with Crippen molar-refractivity contribution in [3.05, 3.63) is 65.7 Å². The van der Waals surface area contributed by atoms with Gasteiger partial charge in [0.2, 0.25) is 5.91 Å². The van der Waals surface area contributed by atoms with E-state index in [4.69, 9.17) is 9.47 Å². The summed E-state index contributed by atoms with van der Waals surface area (Å²) < 4.78 is 11.0. The lowest BCUT2D eigenvalue weighted by Crippen LogP contribution is -2.41. The molecule has 0 fully saturated rings. The maximum Gasteiger partial charge on any atom is 0.410 e. The minimum absolute atomic E-state index is 0.110. The van der Waals surface area contributed by atoms with Crippen LogP contribution in [-0.4, -0.2) is 49.7 Å². The summed E-state index contributed by atoms with van der Waals surface area (Å²) in [5.74, 6) is -0.261. The van der Waals surface area contributed by atoms with E-state index >= 15 is 0 Å². The largest absolute Gasteiger partial charge is 0.445 e. The number of nitrogens with zero attached hydrogens (tertiary/aromatic N) is 2. The lowest BCUT2D eigenvalue weighted by atomic mass is 10.0. The number of carbonyl (C=O) groups excluding carboxylic acids is 3. The minimum Gasteiger partial charge on any atom is -0.445 e. The minimum atomic E-state index is -0.625. The molecule has 0 aromatic heterocycles. The molecule has 8 nitrogen and oxygen atoms in total. The molecule has 31 heavy (non-hydrogen) atoms. The van der Waals surface area contributed by atoms with Gasteiger partial charge in [-0.15, -0.1) is 0 Å². The van der Waals surface area contributed by atoms with Crippen molar-refractivity contribution in [3.8, 4) is 0 Å². The number of para-hydroxylation sites is 1. The van der Waals surface area contributed by atoms with E-state index in [2.05, 4.69) is 5.32 Å². The standard InChI is InChI=1S/C23H27N3O5/c1-3-24-22(28)31-20-13-14-26(23(29)30-16-17-9-5-4-6-10-17)15-21(27)25(2)19-12-8-7-11-18(19)20/h4-12,20H,3,13-16H2,1-2H3,(H,24,28). The van der Waals surface area contributed by atoms with Crippen LogP contribution >= 0.6 is 0 Å². The molecule has 1 N–H and O–H groups in total. The fraction of sp³-hybridized carbons (Fsp3) is 0.348. The van der Waals surface area contributed by atoms with Crippen LogP contribution in [0.15, 0.2) is 54.6 Å². The third kappa shape index (κ3) is 5.75. The summed E-state index contributed by atoms with van der Waals surface area (Å²) >= 11 is 0. The molecule has 0 radical (unpaired) electrons. The summed E-state index contributed by atoms with van der Waals surface area (Å²) in [5.41, 5.74) is 2.21. The predicted molar refractivity (Wildman–Crippen MR) is 116 cm³/mol. The highest BCUT2D eigenvalue weighted by Gasteiger charge is 2.29. The van der Waals surface area contributed by atoms with E-state index in [1.54, 1.807) is 20.0 Å². The molecule has 1 heterocycles. The van der Waals surface area contributed by atoms with Crippen LogP contribution in [0.1, 0.15) is 30.6 Å². The summed E-state index contributed by atoms with van der Waals surface area (Å²) in [6, 6.07) is 16.6. The number of anilines is 1. The van der Waals surface area contributed by atoms with Gasteiger partial charge in [0.05, 0.1) is 5.69 Å². The predicted octanol–water partition coefficient (Wildman–Crippen LogP) is 3.48. The van der Waals surface area contributed by atoms with Gasteiger partial charge in [-0.05, 0) is 18.6 Å². The van der Waals surface area contributed by atoms with Crippen LogP contribution in [0.2, 0.25) is 0 Å². The van der Waals surface area contributed by atoms with Crippen LogP contribution < -0.4 is 10.2 Å². The summed E-state index contributed by atoms with van der Waals surface area (Å²) in [5, 5.41) is 2.62. The molecule has 164 valence electrons. The van der Waals surface area contributed by atoms with Gasteiger partial charge >= 0.3 is 12.2 Å². The Labute approximate surface area is 181 Å². The van der Waals surface area contributed by atoms with Gasteiger partial charge in [-0.3, -0.25) is 9.69 Å².